The van der Waals surface area contributed by atoms with Crippen LogP contribution < -0.4 is 14.8 Å². The van der Waals surface area contributed by atoms with Crippen molar-refractivity contribution in [2.45, 2.75) is 26.4 Å². The van der Waals surface area contributed by atoms with Gasteiger partial charge in [-0.2, -0.15) is 0 Å². The zero-order valence-corrected chi connectivity index (χ0v) is 18.3. The lowest BCUT2D eigenvalue weighted by Gasteiger charge is -2.19. The normalized spacial score (nSPS) is 13.6. The Morgan fingerprint density at radius 2 is 2.10 bits per heavy atom. The van der Waals surface area contributed by atoms with Crippen molar-refractivity contribution in [2.24, 2.45) is 0 Å². The van der Waals surface area contributed by atoms with Crippen LogP contribution in [0.15, 0.2) is 18.2 Å². The number of halogens is 1. The molecule has 0 fully saturated rings. The van der Waals surface area contributed by atoms with Gasteiger partial charge < -0.3 is 29.4 Å². The Hall–Kier alpha value is -2.71. The van der Waals surface area contributed by atoms with Crippen molar-refractivity contribution < 1.29 is 23.8 Å². The molecule has 1 atom stereocenters. The third-order valence-electron chi connectivity index (χ3n) is 4.73. The van der Waals surface area contributed by atoms with Crippen LogP contribution in [0.1, 0.15) is 28.5 Å². The number of nitrogens with zero attached hydrogens (tertiary/aromatic N) is 1. The Morgan fingerprint density at radius 1 is 1.33 bits per heavy atom. The highest BCUT2D eigenvalue weighted by atomic mass is 35.5. The number of nitrogens with one attached hydrogen (secondary N) is 2. The van der Waals surface area contributed by atoms with Crippen molar-refractivity contribution in [2.75, 3.05) is 39.2 Å². The minimum Gasteiger partial charge on any atom is -0.487 e. The van der Waals surface area contributed by atoms with E-state index in [4.69, 9.17) is 25.8 Å². The molecule has 0 radical (unpaired) electrons. The maximum Gasteiger partial charge on any atom is 0.259 e. The molecule has 0 spiro atoms. The summed E-state index contributed by atoms with van der Waals surface area (Å²) >= 11 is 6.25. The number of aryl methyl sites for hydroxylation is 1. The van der Waals surface area contributed by atoms with E-state index in [1.807, 2.05) is 13.8 Å². The van der Waals surface area contributed by atoms with E-state index in [0.29, 0.717) is 48.4 Å². The number of likely N-dealkylation sites (N-methyl/N-ethyl adjacent to an activating group) is 1. The molecule has 1 aliphatic rings. The molecule has 9 heteroatoms. The molecule has 2 N–H and O–H groups in total. The molecule has 2 amide bonds. The largest absolute Gasteiger partial charge is 0.487 e. The number of fused-ring (bicyclic) bond motifs is 1. The Labute approximate surface area is 180 Å². The smallest absolute Gasteiger partial charge is 0.259 e. The van der Waals surface area contributed by atoms with Gasteiger partial charge in [0.1, 0.15) is 17.4 Å². The fourth-order valence-corrected chi connectivity index (χ4v) is 3.42. The van der Waals surface area contributed by atoms with E-state index in [1.54, 1.807) is 30.1 Å². The Bertz CT molecular complexity index is 943. The summed E-state index contributed by atoms with van der Waals surface area (Å²) in [4.78, 5) is 28.6. The molecule has 0 bridgehead atoms. The van der Waals surface area contributed by atoms with Crippen LogP contribution in [0.25, 0.3) is 0 Å². The number of carbonyl (C=O) groups excluding carboxylic acids is 2. The standard InChI is InChI=1S/C21H26ClN3O5/c1-12-7-15(20(23-12)28-4)21(27)25(3)5-6-29-11-13(2)30-18-8-14-9-19(26)24-17(14)10-16(18)22/h7-8,10,13,23H,5-6,9,11H2,1-4H3,(H,24,26)/t13-/m0/s1. The first kappa shape index (κ1) is 22.0. The van der Waals surface area contributed by atoms with Gasteiger partial charge in [0.25, 0.3) is 5.91 Å². The molecule has 2 aromatic rings. The van der Waals surface area contributed by atoms with Gasteiger partial charge in [-0.05, 0) is 37.6 Å². The maximum absolute atomic E-state index is 12.6. The zero-order valence-electron chi connectivity index (χ0n) is 17.5. The average Bonchev–Trinajstić information content (AvgIpc) is 3.25. The van der Waals surface area contributed by atoms with E-state index < -0.39 is 0 Å². The van der Waals surface area contributed by atoms with Gasteiger partial charge in [0, 0.05) is 25.0 Å². The number of ether oxygens (including phenoxy) is 3. The average molecular weight is 436 g/mol. The third-order valence-corrected chi connectivity index (χ3v) is 5.03. The van der Waals surface area contributed by atoms with Gasteiger partial charge in [-0.3, -0.25) is 9.59 Å². The zero-order chi connectivity index (χ0) is 21.8. The van der Waals surface area contributed by atoms with Crippen molar-refractivity contribution in [3.8, 4) is 11.6 Å². The first-order valence-electron chi connectivity index (χ1n) is 9.64. The van der Waals surface area contributed by atoms with E-state index in [0.717, 1.165) is 16.9 Å². The lowest BCUT2D eigenvalue weighted by atomic mass is 10.1. The molecule has 0 aliphatic carbocycles. The first-order chi connectivity index (χ1) is 14.3. The Kier molecular flexibility index (Phi) is 6.89. The summed E-state index contributed by atoms with van der Waals surface area (Å²) in [5.74, 6) is 0.776. The summed E-state index contributed by atoms with van der Waals surface area (Å²) in [7, 11) is 3.24. The van der Waals surface area contributed by atoms with Crippen molar-refractivity contribution in [1.82, 2.24) is 9.88 Å². The molecule has 2 heterocycles. The fraction of sp³-hybridized carbons (Fsp3) is 0.429. The van der Waals surface area contributed by atoms with Crippen LogP contribution >= 0.6 is 11.6 Å². The second kappa shape index (κ2) is 9.40. The van der Waals surface area contributed by atoms with E-state index in [-0.39, 0.29) is 17.9 Å². The van der Waals surface area contributed by atoms with Crippen LogP contribution in [0.3, 0.4) is 0 Å². The second-order valence-corrected chi connectivity index (χ2v) is 7.70. The number of benzene rings is 1. The van der Waals surface area contributed by atoms with Crippen LogP contribution in [-0.2, 0) is 16.0 Å². The molecule has 1 aromatic heterocycles. The van der Waals surface area contributed by atoms with Crippen LogP contribution in [0, 0.1) is 6.92 Å². The quantitative estimate of drug-likeness (QED) is 0.590. The number of methoxy groups -OCH3 is 1. The van der Waals surface area contributed by atoms with E-state index in [9.17, 15) is 9.59 Å². The molecular formula is C21H26ClN3O5. The second-order valence-electron chi connectivity index (χ2n) is 7.29. The SMILES string of the molecule is COc1[nH]c(C)cc1C(=O)N(C)CCOC[C@H](C)Oc1cc2c(cc1Cl)NC(=O)C2. The number of H-pyrrole nitrogens is 1. The van der Waals surface area contributed by atoms with Gasteiger partial charge in [0.05, 0.1) is 31.8 Å². The van der Waals surface area contributed by atoms with Crippen molar-refractivity contribution in [3.05, 3.63) is 40.0 Å². The lowest BCUT2D eigenvalue weighted by Crippen LogP contribution is -2.31. The summed E-state index contributed by atoms with van der Waals surface area (Å²) in [6.45, 7) is 4.85. The summed E-state index contributed by atoms with van der Waals surface area (Å²) in [6, 6.07) is 5.24. The van der Waals surface area contributed by atoms with Crippen LogP contribution in [0.2, 0.25) is 5.02 Å². The molecule has 8 nitrogen and oxygen atoms in total. The van der Waals surface area contributed by atoms with Crippen LogP contribution in [0.5, 0.6) is 11.6 Å². The fourth-order valence-electron chi connectivity index (χ4n) is 3.21. The minimum absolute atomic E-state index is 0.0549. The molecule has 1 aliphatic heterocycles. The Balaban J connectivity index is 1.45. The number of hydrogen-bond acceptors (Lipinski definition) is 5. The van der Waals surface area contributed by atoms with Crippen molar-refractivity contribution in [3.63, 3.8) is 0 Å². The number of rotatable bonds is 9. The molecule has 0 saturated heterocycles. The molecule has 30 heavy (non-hydrogen) atoms. The summed E-state index contributed by atoms with van der Waals surface area (Å²) in [5.41, 5.74) is 2.94. The minimum atomic E-state index is -0.251. The van der Waals surface area contributed by atoms with Gasteiger partial charge in [-0.25, -0.2) is 0 Å². The molecule has 0 saturated carbocycles. The predicted molar refractivity (Wildman–Crippen MR) is 114 cm³/mol. The molecule has 0 unspecified atom stereocenters. The van der Waals surface area contributed by atoms with Gasteiger partial charge in [-0.1, -0.05) is 11.6 Å². The van der Waals surface area contributed by atoms with Gasteiger partial charge >= 0.3 is 0 Å². The molecule has 1 aromatic carbocycles. The topological polar surface area (TPSA) is 92.9 Å². The van der Waals surface area contributed by atoms with E-state index >= 15 is 0 Å². The molecule has 3 rings (SSSR count). The van der Waals surface area contributed by atoms with Crippen LogP contribution in [0.4, 0.5) is 5.69 Å². The number of carbonyl (C=O) groups is 2. The molecular weight excluding hydrogens is 410 g/mol. The number of aromatic amines is 1. The Morgan fingerprint density at radius 3 is 2.83 bits per heavy atom. The number of hydrogen-bond donors (Lipinski definition) is 2. The number of amides is 2. The van der Waals surface area contributed by atoms with Crippen LogP contribution in [-0.4, -0.2) is 61.7 Å². The summed E-state index contributed by atoms with van der Waals surface area (Å²) in [5, 5.41) is 3.19. The number of anilines is 1. The highest BCUT2D eigenvalue weighted by molar-refractivity contribution is 6.32. The number of aromatic nitrogens is 1. The predicted octanol–water partition coefficient (Wildman–Crippen LogP) is 3.04. The highest BCUT2D eigenvalue weighted by Crippen LogP contribution is 2.34. The van der Waals surface area contributed by atoms with Gasteiger partial charge in [-0.15, -0.1) is 0 Å². The van der Waals surface area contributed by atoms with Crippen molar-refractivity contribution in [1.29, 1.82) is 0 Å². The van der Waals surface area contributed by atoms with Gasteiger partial charge in [0.15, 0.2) is 0 Å². The lowest BCUT2D eigenvalue weighted by molar-refractivity contribution is -0.115. The third kappa shape index (κ3) is 5.06. The first-order valence-corrected chi connectivity index (χ1v) is 10.0. The molecule has 162 valence electrons. The summed E-state index contributed by atoms with van der Waals surface area (Å²) < 4.78 is 16.7. The highest BCUT2D eigenvalue weighted by Gasteiger charge is 2.21. The summed E-state index contributed by atoms with van der Waals surface area (Å²) in [6.07, 6.45) is 0.0681. The van der Waals surface area contributed by atoms with Crippen molar-refractivity contribution >= 4 is 29.1 Å². The van der Waals surface area contributed by atoms with E-state index in [2.05, 4.69) is 10.3 Å². The van der Waals surface area contributed by atoms with E-state index in [1.165, 1.54) is 7.11 Å². The maximum atomic E-state index is 12.6. The van der Waals surface area contributed by atoms with Gasteiger partial charge in [0.2, 0.25) is 11.8 Å². The monoisotopic (exact) mass is 435 g/mol.